The van der Waals surface area contributed by atoms with E-state index < -0.39 is 5.60 Å². The molecule has 2 aromatic heterocycles. The van der Waals surface area contributed by atoms with E-state index in [1.54, 1.807) is 17.0 Å². The van der Waals surface area contributed by atoms with Gasteiger partial charge in [0.1, 0.15) is 5.60 Å². The van der Waals surface area contributed by atoms with Crippen molar-refractivity contribution in [3.05, 3.63) is 47.0 Å². The zero-order valence-corrected chi connectivity index (χ0v) is 22.0. The third kappa shape index (κ3) is 5.10. The molecule has 3 heterocycles. The average molecular weight is 527 g/mol. The van der Waals surface area contributed by atoms with Gasteiger partial charge in [0.05, 0.1) is 21.3 Å². The van der Waals surface area contributed by atoms with Crippen LogP contribution in [0, 0.1) is 0 Å². The zero-order chi connectivity index (χ0) is 25.6. The highest BCUT2D eigenvalue weighted by molar-refractivity contribution is 7.22. The van der Waals surface area contributed by atoms with Gasteiger partial charge in [0, 0.05) is 36.8 Å². The van der Waals surface area contributed by atoms with Crippen molar-refractivity contribution < 1.29 is 14.3 Å². The Labute approximate surface area is 217 Å². The van der Waals surface area contributed by atoms with E-state index in [2.05, 4.69) is 20.6 Å². The van der Waals surface area contributed by atoms with Crippen LogP contribution in [0.25, 0.3) is 21.3 Å². The summed E-state index contributed by atoms with van der Waals surface area (Å²) in [4.78, 5) is 36.2. The highest BCUT2D eigenvalue weighted by Crippen LogP contribution is 2.31. The predicted molar refractivity (Wildman–Crippen MR) is 142 cm³/mol. The van der Waals surface area contributed by atoms with Crippen LogP contribution in [-0.4, -0.2) is 56.2 Å². The van der Waals surface area contributed by atoms with Gasteiger partial charge in [0.2, 0.25) is 5.95 Å². The summed E-state index contributed by atoms with van der Waals surface area (Å²) in [5.74, 6) is 0.424. The van der Waals surface area contributed by atoms with E-state index in [0.717, 1.165) is 15.7 Å². The molecule has 9 nitrogen and oxygen atoms in total. The molecule has 1 saturated heterocycles. The number of anilines is 2. The van der Waals surface area contributed by atoms with Crippen LogP contribution in [0.1, 0.15) is 37.6 Å². The van der Waals surface area contributed by atoms with Crippen LogP contribution in [-0.2, 0) is 11.8 Å². The molecule has 0 radical (unpaired) electrons. The van der Waals surface area contributed by atoms with Crippen LogP contribution >= 0.6 is 22.9 Å². The molecule has 2 aromatic carbocycles. The van der Waals surface area contributed by atoms with Crippen molar-refractivity contribution in [1.82, 2.24) is 24.8 Å². The lowest BCUT2D eigenvalue weighted by Gasteiger charge is -2.24. The minimum atomic E-state index is -0.551. The summed E-state index contributed by atoms with van der Waals surface area (Å²) in [6, 6.07) is 10.9. The summed E-state index contributed by atoms with van der Waals surface area (Å²) in [6.45, 7) is 6.48. The second-order valence-electron chi connectivity index (χ2n) is 9.84. The van der Waals surface area contributed by atoms with E-state index in [1.165, 1.54) is 11.3 Å². The van der Waals surface area contributed by atoms with Crippen LogP contribution in [0.3, 0.4) is 0 Å². The first-order valence-corrected chi connectivity index (χ1v) is 12.8. The zero-order valence-electron chi connectivity index (χ0n) is 20.5. The largest absolute Gasteiger partial charge is 0.444 e. The predicted octanol–water partition coefficient (Wildman–Crippen LogP) is 5.32. The van der Waals surface area contributed by atoms with Gasteiger partial charge in [-0.1, -0.05) is 22.9 Å². The van der Waals surface area contributed by atoms with Crippen molar-refractivity contribution in [1.29, 1.82) is 0 Å². The molecule has 0 aliphatic carbocycles. The number of hydrogen-bond acceptors (Lipinski definition) is 7. The summed E-state index contributed by atoms with van der Waals surface area (Å²) in [6.07, 6.45) is 0.323. The number of carbonyl (C=O) groups is 2. The molecule has 0 bridgehead atoms. The van der Waals surface area contributed by atoms with Crippen molar-refractivity contribution in [2.45, 2.75) is 38.8 Å². The number of nitrogens with one attached hydrogen (secondary N) is 2. The smallest absolute Gasteiger partial charge is 0.410 e. The second kappa shape index (κ2) is 9.25. The molecule has 2 N–H and O–H groups in total. The van der Waals surface area contributed by atoms with Gasteiger partial charge in [-0.2, -0.15) is 0 Å². The lowest BCUT2D eigenvalue weighted by Crippen LogP contribution is -2.40. The molecule has 2 amide bonds. The lowest BCUT2D eigenvalue weighted by atomic mass is 10.1. The Morgan fingerprint density at radius 3 is 2.72 bits per heavy atom. The monoisotopic (exact) mass is 526 g/mol. The Hall–Kier alpha value is -3.37. The molecule has 1 fully saturated rings. The van der Waals surface area contributed by atoms with Crippen molar-refractivity contribution in [2.75, 3.05) is 18.4 Å². The van der Waals surface area contributed by atoms with Crippen LogP contribution < -0.4 is 10.6 Å². The van der Waals surface area contributed by atoms with Crippen molar-refractivity contribution in [3.63, 3.8) is 0 Å². The molecule has 1 unspecified atom stereocenters. The van der Waals surface area contributed by atoms with Crippen molar-refractivity contribution in [3.8, 4) is 0 Å². The van der Waals surface area contributed by atoms with E-state index in [4.69, 9.17) is 16.3 Å². The van der Waals surface area contributed by atoms with E-state index in [9.17, 15) is 9.59 Å². The summed E-state index contributed by atoms with van der Waals surface area (Å²) < 4.78 is 8.34. The van der Waals surface area contributed by atoms with Gasteiger partial charge in [-0.25, -0.2) is 14.8 Å². The van der Waals surface area contributed by atoms with E-state index in [1.807, 2.05) is 56.7 Å². The molecule has 5 rings (SSSR count). The number of aromatic nitrogens is 3. The number of fused-ring (bicyclic) bond motifs is 2. The van der Waals surface area contributed by atoms with E-state index in [-0.39, 0.29) is 18.0 Å². The van der Waals surface area contributed by atoms with Gasteiger partial charge < -0.3 is 24.8 Å². The summed E-state index contributed by atoms with van der Waals surface area (Å²) in [5.41, 5.74) is 2.40. The fourth-order valence-corrected chi connectivity index (χ4v) is 5.28. The van der Waals surface area contributed by atoms with Gasteiger partial charge in [-0.3, -0.25) is 4.79 Å². The third-order valence-corrected chi connectivity index (χ3v) is 7.06. The number of halogens is 1. The third-order valence-electron chi connectivity index (χ3n) is 5.89. The fraction of sp³-hybridized carbons (Fsp3) is 0.360. The van der Waals surface area contributed by atoms with Crippen LogP contribution in [0.2, 0.25) is 5.02 Å². The Morgan fingerprint density at radius 1 is 1.14 bits per heavy atom. The van der Waals surface area contributed by atoms with Gasteiger partial charge in [0.25, 0.3) is 5.91 Å². The number of carbonyl (C=O) groups excluding carboxylic acids is 2. The molecule has 36 heavy (non-hydrogen) atoms. The molecular formula is C25H27ClN6O3S. The van der Waals surface area contributed by atoms with E-state index in [0.29, 0.717) is 46.7 Å². The number of rotatable bonds is 4. The number of imidazole rings is 1. The fourth-order valence-electron chi connectivity index (χ4n) is 4.14. The maximum Gasteiger partial charge on any atom is 0.410 e. The van der Waals surface area contributed by atoms with Gasteiger partial charge in [0.15, 0.2) is 5.13 Å². The van der Waals surface area contributed by atoms with Crippen molar-refractivity contribution >= 4 is 67.3 Å². The SMILES string of the molecule is Cn1c(Nc2nc3ccc(Cl)cc3s2)nc2cc(C(=O)NC3CCN(C(=O)OC(C)(C)C)C3)ccc21. The maximum atomic E-state index is 12.9. The standard InChI is InChI=1S/C25H27ClN6O3S/c1-25(2,3)35-24(34)32-10-9-16(13-32)27-21(33)14-5-8-19-18(11-14)28-22(31(19)4)30-23-29-17-7-6-15(26)12-20(17)36-23/h5-8,11-12,16H,9-10,13H2,1-4H3,(H,27,33)(H,28,29,30). The van der Waals surface area contributed by atoms with Crippen LogP contribution in [0.4, 0.5) is 15.9 Å². The number of ether oxygens (including phenoxy) is 1. The Kier molecular flexibility index (Phi) is 6.25. The highest BCUT2D eigenvalue weighted by atomic mass is 35.5. The van der Waals surface area contributed by atoms with Gasteiger partial charge >= 0.3 is 6.09 Å². The van der Waals surface area contributed by atoms with Gasteiger partial charge in [-0.05, 0) is 63.6 Å². The average Bonchev–Trinajstić information content (AvgIpc) is 3.50. The molecule has 1 aliphatic heterocycles. The van der Waals surface area contributed by atoms with Gasteiger partial charge in [-0.15, -0.1) is 0 Å². The quantitative estimate of drug-likeness (QED) is 0.373. The first kappa shape index (κ1) is 24.3. The molecule has 1 atom stereocenters. The van der Waals surface area contributed by atoms with Crippen LogP contribution in [0.15, 0.2) is 36.4 Å². The van der Waals surface area contributed by atoms with Crippen molar-refractivity contribution in [2.24, 2.45) is 7.05 Å². The number of nitrogens with zero attached hydrogens (tertiary/aromatic N) is 4. The molecule has 1 aliphatic rings. The number of hydrogen-bond donors (Lipinski definition) is 2. The normalized spacial score (nSPS) is 16.0. The molecule has 11 heteroatoms. The maximum absolute atomic E-state index is 12.9. The topological polar surface area (TPSA) is 101 Å². The first-order valence-electron chi connectivity index (χ1n) is 11.6. The Morgan fingerprint density at radius 2 is 1.94 bits per heavy atom. The lowest BCUT2D eigenvalue weighted by molar-refractivity contribution is 0.0290. The summed E-state index contributed by atoms with van der Waals surface area (Å²) in [5, 5.41) is 7.68. The van der Waals surface area contributed by atoms with E-state index >= 15 is 0 Å². The molecule has 4 aromatic rings. The second-order valence-corrected chi connectivity index (χ2v) is 11.3. The van der Waals surface area contributed by atoms with Crippen LogP contribution in [0.5, 0.6) is 0 Å². The number of aryl methyl sites for hydroxylation is 1. The highest BCUT2D eigenvalue weighted by Gasteiger charge is 2.30. The summed E-state index contributed by atoms with van der Waals surface area (Å²) >= 11 is 7.59. The molecule has 188 valence electrons. The first-order chi connectivity index (χ1) is 17.1. The Bertz CT molecular complexity index is 1470. The number of likely N-dealkylation sites (tertiary alicyclic amines) is 1. The molecule has 0 saturated carbocycles. The Balaban J connectivity index is 1.27. The minimum Gasteiger partial charge on any atom is -0.444 e. The molecular weight excluding hydrogens is 500 g/mol. The summed E-state index contributed by atoms with van der Waals surface area (Å²) in [7, 11) is 1.91. The minimum absolute atomic E-state index is 0.130. The number of amides is 2. The number of thiazole rings is 1. The molecule has 0 spiro atoms. The number of benzene rings is 2.